The van der Waals surface area contributed by atoms with Crippen LogP contribution >= 0.6 is 11.6 Å². The number of para-hydroxylation sites is 2. The second kappa shape index (κ2) is 9.97. The van der Waals surface area contributed by atoms with Gasteiger partial charge in [-0.3, -0.25) is 9.59 Å². The van der Waals surface area contributed by atoms with Crippen molar-refractivity contribution in [1.82, 2.24) is 4.90 Å². The highest BCUT2D eigenvalue weighted by Crippen LogP contribution is 2.25. The highest BCUT2D eigenvalue weighted by Gasteiger charge is 2.14. The quantitative estimate of drug-likeness (QED) is 0.724. The fraction of sp³-hybridized carbons (Fsp3) is 0.333. The molecule has 5 nitrogen and oxygen atoms in total. The largest absolute Gasteiger partial charge is 0.489 e. The van der Waals surface area contributed by atoms with Crippen LogP contribution in [0, 0.1) is 0 Å². The zero-order valence-electron chi connectivity index (χ0n) is 15.9. The van der Waals surface area contributed by atoms with Gasteiger partial charge < -0.3 is 15.0 Å². The van der Waals surface area contributed by atoms with E-state index in [4.69, 9.17) is 16.3 Å². The van der Waals surface area contributed by atoms with Crippen LogP contribution in [0.4, 0.5) is 5.69 Å². The SMILES string of the molecule is CC(=O)N(CCC(=O)Nc1ccccc1OC(C)C)Cc1ccc(Cl)cc1. The number of carbonyl (C=O) groups excluding carboxylic acids is 2. The molecule has 0 atom stereocenters. The molecule has 1 N–H and O–H groups in total. The van der Waals surface area contributed by atoms with E-state index in [-0.39, 0.29) is 24.3 Å². The molecule has 144 valence electrons. The zero-order chi connectivity index (χ0) is 19.8. The van der Waals surface area contributed by atoms with Crippen molar-refractivity contribution in [2.24, 2.45) is 0 Å². The number of amides is 2. The molecule has 27 heavy (non-hydrogen) atoms. The molecular formula is C21H25ClN2O3. The van der Waals surface area contributed by atoms with Crippen LogP contribution in [0.15, 0.2) is 48.5 Å². The van der Waals surface area contributed by atoms with Gasteiger partial charge in [-0.05, 0) is 43.7 Å². The van der Waals surface area contributed by atoms with E-state index in [9.17, 15) is 9.59 Å². The molecule has 6 heteroatoms. The van der Waals surface area contributed by atoms with E-state index >= 15 is 0 Å². The molecule has 0 bridgehead atoms. The van der Waals surface area contributed by atoms with E-state index in [1.165, 1.54) is 6.92 Å². The minimum absolute atomic E-state index is 0.00984. The Labute approximate surface area is 165 Å². The molecule has 0 aliphatic carbocycles. The summed E-state index contributed by atoms with van der Waals surface area (Å²) >= 11 is 5.89. The summed E-state index contributed by atoms with van der Waals surface area (Å²) in [4.78, 5) is 25.9. The normalized spacial score (nSPS) is 10.6. The smallest absolute Gasteiger partial charge is 0.226 e. The van der Waals surface area contributed by atoms with Gasteiger partial charge in [0.15, 0.2) is 0 Å². The Hall–Kier alpha value is -2.53. The first kappa shape index (κ1) is 20.8. The van der Waals surface area contributed by atoms with Crippen LogP contribution < -0.4 is 10.1 Å². The van der Waals surface area contributed by atoms with Gasteiger partial charge in [-0.15, -0.1) is 0 Å². The second-order valence-corrected chi connectivity index (χ2v) is 6.96. The van der Waals surface area contributed by atoms with E-state index in [0.717, 1.165) is 5.56 Å². The Morgan fingerprint density at radius 3 is 2.41 bits per heavy atom. The van der Waals surface area contributed by atoms with Crippen LogP contribution in [0.3, 0.4) is 0 Å². The first-order valence-electron chi connectivity index (χ1n) is 8.90. The molecule has 2 aromatic carbocycles. The molecule has 0 saturated heterocycles. The lowest BCUT2D eigenvalue weighted by molar-refractivity contribution is -0.129. The minimum Gasteiger partial charge on any atom is -0.489 e. The number of anilines is 1. The number of halogens is 1. The summed E-state index contributed by atoms with van der Waals surface area (Å²) in [5, 5.41) is 3.51. The lowest BCUT2D eigenvalue weighted by Crippen LogP contribution is -2.31. The van der Waals surface area contributed by atoms with Crippen LogP contribution in [0.1, 0.15) is 32.8 Å². The molecule has 0 fully saturated rings. The lowest BCUT2D eigenvalue weighted by Gasteiger charge is -2.21. The predicted octanol–water partition coefficient (Wildman–Crippen LogP) is 4.50. The van der Waals surface area contributed by atoms with Gasteiger partial charge in [0.2, 0.25) is 11.8 Å². The Morgan fingerprint density at radius 1 is 1.11 bits per heavy atom. The summed E-state index contributed by atoms with van der Waals surface area (Å²) in [6.45, 7) is 6.13. The topological polar surface area (TPSA) is 58.6 Å². The Morgan fingerprint density at radius 2 is 1.78 bits per heavy atom. The van der Waals surface area contributed by atoms with Gasteiger partial charge in [-0.2, -0.15) is 0 Å². The maximum Gasteiger partial charge on any atom is 0.226 e. The molecule has 0 aliphatic rings. The number of rotatable bonds is 8. The Bertz CT molecular complexity index is 775. The predicted molar refractivity (Wildman–Crippen MR) is 108 cm³/mol. The van der Waals surface area contributed by atoms with Crippen molar-refractivity contribution in [2.75, 3.05) is 11.9 Å². The van der Waals surface area contributed by atoms with Gasteiger partial charge in [-0.1, -0.05) is 35.9 Å². The summed E-state index contributed by atoms with van der Waals surface area (Å²) in [5.41, 5.74) is 1.59. The van der Waals surface area contributed by atoms with Crippen molar-refractivity contribution < 1.29 is 14.3 Å². The number of ether oxygens (including phenoxy) is 1. The van der Waals surface area contributed by atoms with Crippen molar-refractivity contribution in [3.8, 4) is 5.75 Å². The molecule has 0 aliphatic heterocycles. The van der Waals surface area contributed by atoms with E-state index in [0.29, 0.717) is 29.5 Å². The third-order valence-electron chi connectivity index (χ3n) is 3.86. The molecule has 0 unspecified atom stereocenters. The monoisotopic (exact) mass is 388 g/mol. The van der Waals surface area contributed by atoms with Crippen LogP contribution in [-0.4, -0.2) is 29.4 Å². The van der Waals surface area contributed by atoms with Crippen LogP contribution in [0.2, 0.25) is 5.02 Å². The fourth-order valence-electron chi connectivity index (χ4n) is 2.53. The summed E-state index contributed by atoms with van der Waals surface area (Å²) in [7, 11) is 0. The average Bonchev–Trinajstić information content (AvgIpc) is 2.61. The van der Waals surface area contributed by atoms with Crippen molar-refractivity contribution in [2.45, 2.75) is 39.8 Å². The van der Waals surface area contributed by atoms with Gasteiger partial charge in [-0.25, -0.2) is 0 Å². The van der Waals surface area contributed by atoms with Crippen molar-refractivity contribution in [3.63, 3.8) is 0 Å². The third kappa shape index (κ3) is 6.94. The summed E-state index contributed by atoms with van der Waals surface area (Å²) in [6, 6.07) is 14.6. The maximum absolute atomic E-state index is 12.4. The molecule has 2 rings (SSSR count). The van der Waals surface area contributed by atoms with E-state index in [2.05, 4.69) is 5.32 Å². The van der Waals surface area contributed by atoms with E-state index < -0.39 is 0 Å². The molecule has 0 saturated carbocycles. The first-order valence-corrected chi connectivity index (χ1v) is 9.28. The molecule has 0 radical (unpaired) electrons. The van der Waals surface area contributed by atoms with E-state index in [1.807, 2.05) is 44.2 Å². The van der Waals surface area contributed by atoms with E-state index in [1.54, 1.807) is 23.1 Å². The molecule has 0 heterocycles. The van der Waals surface area contributed by atoms with Crippen molar-refractivity contribution in [1.29, 1.82) is 0 Å². The van der Waals surface area contributed by atoms with Crippen molar-refractivity contribution >= 4 is 29.1 Å². The Kier molecular flexibility index (Phi) is 7.67. The molecule has 0 spiro atoms. The average molecular weight is 389 g/mol. The highest BCUT2D eigenvalue weighted by molar-refractivity contribution is 6.30. The zero-order valence-corrected chi connectivity index (χ0v) is 16.6. The summed E-state index contributed by atoms with van der Waals surface area (Å²) < 4.78 is 5.71. The van der Waals surface area contributed by atoms with Crippen LogP contribution in [-0.2, 0) is 16.1 Å². The number of carbonyl (C=O) groups is 2. The second-order valence-electron chi connectivity index (χ2n) is 6.53. The number of nitrogens with zero attached hydrogens (tertiary/aromatic N) is 1. The number of hydrogen-bond donors (Lipinski definition) is 1. The maximum atomic E-state index is 12.4. The lowest BCUT2D eigenvalue weighted by atomic mass is 10.2. The standard InChI is InChI=1S/C21H25ClN2O3/c1-15(2)27-20-7-5-4-6-19(20)23-21(26)12-13-24(16(3)25)14-17-8-10-18(22)11-9-17/h4-11,15H,12-14H2,1-3H3,(H,23,26). The summed E-state index contributed by atoms with van der Waals surface area (Å²) in [5.74, 6) is 0.379. The number of nitrogens with one attached hydrogen (secondary N) is 1. The van der Waals surface area contributed by atoms with Gasteiger partial charge in [0, 0.05) is 31.5 Å². The van der Waals surface area contributed by atoms with Crippen LogP contribution in [0.5, 0.6) is 5.75 Å². The van der Waals surface area contributed by atoms with Gasteiger partial charge in [0.25, 0.3) is 0 Å². The first-order chi connectivity index (χ1) is 12.8. The minimum atomic E-state index is -0.169. The van der Waals surface area contributed by atoms with Crippen molar-refractivity contribution in [3.05, 3.63) is 59.1 Å². The van der Waals surface area contributed by atoms with Gasteiger partial charge in [0.05, 0.1) is 11.8 Å². The Balaban J connectivity index is 1.94. The molecule has 2 aromatic rings. The molecule has 2 amide bonds. The molecular weight excluding hydrogens is 364 g/mol. The number of hydrogen-bond acceptors (Lipinski definition) is 3. The molecule has 0 aromatic heterocycles. The van der Waals surface area contributed by atoms with Gasteiger partial charge >= 0.3 is 0 Å². The third-order valence-corrected chi connectivity index (χ3v) is 4.12. The van der Waals surface area contributed by atoms with Gasteiger partial charge in [0.1, 0.15) is 5.75 Å². The fourth-order valence-corrected chi connectivity index (χ4v) is 2.66. The van der Waals surface area contributed by atoms with Crippen LogP contribution in [0.25, 0.3) is 0 Å². The highest BCUT2D eigenvalue weighted by atomic mass is 35.5. The number of benzene rings is 2. The summed E-state index contributed by atoms with van der Waals surface area (Å²) in [6.07, 6.45) is 0.207.